The summed E-state index contributed by atoms with van der Waals surface area (Å²) < 4.78 is 36.4. The van der Waals surface area contributed by atoms with Crippen LogP contribution in [0.4, 0.5) is 0 Å². The Labute approximate surface area is 157 Å². The summed E-state index contributed by atoms with van der Waals surface area (Å²) in [6.45, 7) is 3.16. The molecule has 0 spiro atoms. The third kappa shape index (κ3) is 4.11. The fraction of sp³-hybridized carbons (Fsp3) is 0.562. The van der Waals surface area contributed by atoms with Crippen LogP contribution in [0.2, 0.25) is 0 Å². The number of hydrogen-bond donors (Lipinski definition) is 0. The standard InChI is InChI=1S/C16H19Cl2NO5S/c1-11-2-3-13(25(21,22)19-4-6-23-7-5-19)8-14(11)15(20)24-10-12-9-16(12,17)18/h2-3,8,12H,4-7,9-10H2,1H3/t12-/m0/s1. The van der Waals surface area contributed by atoms with E-state index < -0.39 is 20.3 Å². The molecule has 0 aromatic heterocycles. The summed E-state index contributed by atoms with van der Waals surface area (Å²) >= 11 is 11.8. The maximum Gasteiger partial charge on any atom is 0.338 e. The molecule has 6 nitrogen and oxygen atoms in total. The van der Waals surface area contributed by atoms with E-state index in [1.54, 1.807) is 13.0 Å². The van der Waals surface area contributed by atoms with Gasteiger partial charge in [0, 0.05) is 19.0 Å². The van der Waals surface area contributed by atoms with Crippen LogP contribution in [0.1, 0.15) is 22.3 Å². The van der Waals surface area contributed by atoms with Crippen molar-refractivity contribution < 1.29 is 22.7 Å². The van der Waals surface area contributed by atoms with E-state index in [2.05, 4.69) is 0 Å². The molecule has 1 aromatic rings. The molecule has 1 saturated carbocycles. The van der Waals surface area contributed by atoms with Crippen molar-refractivity contribution in [2.75, 3.05) is 32.9 Å². The number of carbonyl (C=O) groups excluding carboxylic acids is 1. The number of alkyl halides is 2. The van der Waals surface area contributed by atoms with Gasteiger partial charge in [0.25, 0.3) is 0 Å². The molecule has 0 unspecified atom stereocenters. The number of ether oxygens (including phenoxy) is 2. The number of sulfonamides is 1. The van der Waals surface area contributed by atoms with E-state index in [0.29, 0.717) is 38.3 Å². The van der Waals surface area contributed by atoms with Crippen molar-refractivity contribution in [1.82, 2.24) is 4.31 Å². The lowest BCUT2D eigenvalue weighted by Crippen LogP contribution is -2.40. The highest BCUT2D eigenvalue weighted by Gasteiger charge is 2.52. The largest absolute Gasteiger partial charge is 0.462 e. The number of halogens is 2. The van der Waals surface area contributed by atoms with Gasteiger partial charge in [0.05, 0.1) is 30.3 Å². The Morgan fingerprint density at radius 2 is 2.00 bits per heavy atom. The summed E-state index contributed by atoms with van der Waals surface area (Å²) in [5.74, 6) is -0.659. The lowest BCUT2D eigenvalue weighted by atomic mass is 10.1. The molecule has 1 aliphatic heterocycles. The minimum atomic E-state index is -3.67. The monoisotopic (exact) mass is 407 g/mol. The van der Waals surface area contributed by atoms with Crippen LogP contribution in [-0.2, 0) is 19.5 Å². The molecule has 3 rings (SSSR count). The Hall–Kier alpha value is -0.860. The predicted octanol–water partition coefficient (Wildman–Crippen LogP) is 2.37. The van der Waals surface area contributed by atoms with Crippen molar-refractivity contribution in [1.29, 1.82) is 0 Å². The first-order valence-electron chi connectivity index (χ1n) is 7.95. The molecule has 1 aliphatic carbocycles. The molecule has 1 heterocycles. The van der Waals surface area contributed by atoms with Crippen LogP contribution in [-0.4, -0.2) is 55.9 Å². The number of nitrogens with zero attached hydrogens (tertiary/aromatic N) is 1. The normalized spacial score (nSPS) is 23.2. The Morgan fingerprint density at radius 1 is 1.36 bits per heavy atom. The smallest absolute Gasteiger partial charge is 0.338 e. The van der Waals surface area contributed by atoms with Crippen LogP contribution < -0.4 is 0 Å². The molecule has 1 saturated heterocycles. The van der Waals surface area contributed by atoms with Crippen molar-refractivity contribution in [3.8, 4) is 0 Å². The van der Waals surface area contributed by atoms with Gasteiger partial charge in [0.1, 0.15) is 4.33 Å². The zero-order valence-corrected chi connectivity index (χ0v) is 16.0. The molecular weight excluding hydrogens is 389 g/mol. The van der Waals surface area contributed by atoms with Crippen molar-refractivity contribution in [2.45, 2.75) is 22.6 Å². The first kappa shape index (κ1) is 18.9. The van der Waals surface area contributed by atoms with Crippen LogP contribution in [0.5, 0.6) is 0 Å². The summed E-state index contributed by atoms with van der Waals surface area (Å²) in [6.07, 6.45) is 0.577. The fourth-order valence-electron chi connectivity index (χ4n) is 2.62. The second-order valence-electron chi connectivity index (χ2n) is 6.25. The average molecular weight is 408 g/mol. The third-order valence-electron chi connectivity index (χ3n) is 4.41. The zero-order chi connectivity index (χ0) is 18.2. The first-order valence-corrected chi connectivity index (χ1v) is 10.1. The van der Waals surface area contributed by atoms with E-state index in [0.717, 1.165) is 0 Å². The molecule has 2 fully saturated rings. The molecule has 0 bridgehead atoms. The van der Waals surface area contributed by atoms with Crippen molar-refractivity contribution in [3.63, 3.8) is 0 Å². The second-order valence-corrected chi connectivity index (χ2v) is 9.73. The predicted molar refractivity (Wildman–Crippen MR) is 93.6 cm³/mol. The Bertz CT molecular complexity index is 775. The maximum absolute atomic E-state index is 12.7. The molecule has 0 amide bonds. The van der Waals surface area contributed by atoms with Gasteiger partial charge in [-0.15, -0.1) is 23.2 Å². The van der Waals surface area contributed by atoms with Crippen LogP contribution in [0.3, 0.4) is 0 Å². The van der Waals surface area contributed by atoms with Gasteiger partial charge in [0.2, 0.25) is 10.0 Å². The highest BCUT2D eigenvalue weighted by molar-refractivity contribution is 7.89. The van der Waals surface area contributed by atoms with Gasteiger partial charge in [-0.05, 0) is 31.0 Å². The number of benzene rings is 1. The van der Waals surface area contributed by atoms with Gasteiger partial charge in [-0.1, -0.05) is 6.07 Å². The zero-order valence-electron chi connectivity index (χ0n) is 13.7. The van der Waals surface area contributed by atoms with Crippen molar-refractivity contribution in [3.05, 3.63) is 29.3 Å². The summed E-state index contributed by atoms with van der Waals surface area (Å²) in [5.41, 5.74) is 0.870. The number of aryl methyl sites for hydroxylation is 1. The Balaban J connectivity index is 1.76. The van der Waals surface area contributed by atoms with Crippen molar-refractivity contribution in [2.24, 2.45) is 5.92 Å². The number of rotatable bonds is 5. The summed E-state index contributed by atoms with van der Waals surface area (Å²) in [4.78, 5) is 12.4. The van der Waals surface area contributed by atoms with Crippen LogP contribution >= 0.6 is 23.2 Å². The molecular formula is C16H19Cl2NO5S. The number of hydrogen-bond acceptors (Lipinski definition) is 5. The molecule has 25 heavy (non-hydrogen) atoms. The van der Waals surface area contributed by atoms with E-state index in [-0.39, 0.29) is 23.0 Å². The topological polar surface area (TPSA) is 72.9 Å². The minimum absolute atomic E-state index is 0.0717. The first-order chi connectivity index (χ1) is 11.7. The molecule has 0 radical (unpaired) electrons. The van der Waals surface area contributed by atoms with Gasteiger partial charge in [0.15, 0.2) is 0 Å². The summed E-state index contributed by atoms with van der Waals surface area (Å²) in [6, 6.07) is 4.47. The minimum Gasteiger partial charge on any atom is -0.462 e. The Kier molecular flexibility index (Phi) is 5.33. The maximum atomic E-state index is 12.7. The van der Waals surface area contributed by atoms with E-state index in [4.69, 9.17) is 32.7 Å². The van der Waals surface area contributed by atoms with Crippen LogP contribution in [0.25, 0.3) is 0 Å². The van der Waals surface area contributed by atoms with Gasteiger partial charge in [-0.2, -0.15) is 4.31 Å². The SMILES string of the molecule is Cc1ccc(S(=O)(=O)N2CCOCC2)cc1C(=O)OC[C@@H]1CC1(Cl)Cl. The lowest BCUT2D eigenvalue weighted by Gasteiger charge is -2.26. The Morgan fingerprint density at radius 3 is 2.60 bits per heavy atom. The second kappa shape index (κ2) is 7.04. The molecule has 9 heteroatoms. The van der Waals surface area contributed by atoms with E-state index >= 15 is 0 Å². The number of esters is 1. The van der Waals surface area contributed by atoms with E-state index in [1.807, 2.05) is 0 Å². The van der Waals surface area contributed by atoms with Crippen molar-refractivity contribution >= 4 is 39.2 Å². The summed E-state index contributed by atoms with van der Waals surface area (Å²) in [5, 5.41) is 0. The van der Waals surface area contributed by atoms with Gasteiger partial charge >= 0.3 is 5.97 Å². The average Bonchev–Trinajstić information content (AvgIpc) is 3.20. The highest BCUT2D eigenvalue weighted by Crippen LogP contribution is 2.53. The highest BCUT2D eigenvalue weighted by atomic mass is 35.5. The summed E-state index contributed by atoms with van der Waals surface area (Å²) in [7, 11) is -3.67. The lowest BCUT2D eigenvalue weighted by molar-refractivity contribution is 0.0484. The van der Waals surface area contributed by atoms with Crippen LogP contribution in [0.15, 0.2) is 23.1 Å². The van der Waals surface area contributed by atoms with E-state index in [1.165, 1.54) is 16.4 Å². The van der Waals surface area contributed by atoms with Gasteiger partial charge < -0.3 is 9.47 Å². The molecule has 2 aliphatic rings. The number of morpholine rings is 1. The van der Waals surface area contributed by atoms with Gasteiger partial charge in [-0.3, -0.25) is 0 Å². The number of carbonyl (C=O) groups is 1. The third-order valence-corrected chi connectivity index (χ3v) is 7.23. The van der Waals surface area contributed by atoms with Crippen LogP contribution in [0, 0.1) is 12.8 Å². The fourth-order valence-corrected chi connectivity index (χ4v) is 4.56. The molecule has 1 atom stereocenters. The molecule has 1 aromatic carbocycles. The quantitative estimate of drug-likeness (QED) is 0.553. The molecule has 138 valence electrons. The van der Waals surface area contributed by atoms with Gasteiger partial charge in [-0.25, -0.2) is 13.2 Å². The van der Waals surface area contributed by atoms with E-state index in [9.17, 15) is 13.2 Å². The molecule has 0 N–H and O–H groups in total.